The Kier molecular flexibility index (Phi) is 7.24. The number of hydrazone groups is 1. The van der Waals surface area contributed by atoms with Crippen molar-refractivity contribution < 1.29 is 4.79 Å². The van der Waals surface area contributed by atoms with Gasteiger partial charge in [0.2, 0.25) is 5.96 Å². The maximum atomic E-state index is 10.9. The quantitative estimate of drug-likeness (QED) is 0.129. The Morgan fingerprint density at radius 3 is 2.35 bits per heavy atom. The van der Waals surface area contributed by atoms with E-state index in [2.05, 4.69) is 10.1 Å². The highest BCUT2D eigenvalue weighted by Crippen LogP contribution is 2.05. The summed E-state index contributed by atoms with van der Waals surface area (Å²) in [5.74, 6) is -0.0212. The van der Waals surface area contributed by atoms with E-state index in [1.165, 1.54) is 5.01 Å². The van der Waals surface area contributed by atoms with Gasteiger partial charge in [-0.1, -0.05) is 0 Å². The maximum absolute atomic E-state index is 10.9. The number of guanidine groups is 2. The molecule has 8 N–H and O–H groups in total. The minimum atomic E-state index is -0.365. The van der Waals surface area contributed by atoms with E-state index < -0.39 is 0 Å². The second-order valence-corrected chi connectivity index (χ2v) is 3.43. The van der Waals surface area contributed by atoms with Crippen LogP contribution in [0.1, 0.15) is 19.8 Å². The van der Waals surface area contributed by atoms with Gasteiger partial charge >= 0.3 is 0 Å². The minimum absolute atomic E-state index is 0.0456. The lowest BCUT2D eigenvalue weighted by atomic mass is 10.1. The van der Waals surface area contributed by atoms with Crippen LogP contribution in [0.3, 0.4) is 0 Å². The third-order valence-corrected chi connectivity index (χ3v) is 2.06. The molecule has 0 aliphatic rings. The topological polar surface area (TPSA) is 149 Å². The number of carbonyl (C=O) groups excluding carboxylic acids is 1. The monoisotopic (exact) mass is 243 g/mol. The Bertz CT molecular complexity index is 281. The van der Waals surface area contributed by atoms with Crippen molar-refractivity contribution in [3.63, 3.8) is 0 Å². The molecule has 0 radical (unpaired) electrons. The van der Waals surface area contributed by atoms with Crippen LogP contribution in [0.2, 0.25) is 0 Å². The van der Waals surface area contributed by atoms with Crippen LogP contribution in [-0.4, -0.2) is 42.3 Å². The Hall–Kier alpha value is -1.99. The summed E-state index contributed by atoms with van der Waals surface area (Å²) in [5.41, 5.74) is 20.9. The first kappa shape index (κ1) is 15.0. The fraction of sp³-hybridized carbons (Fsp3) is 0.667. The molecule has 0 aromatic rings. The lowest BCUT2D eigenvalue weighted by Crippen LogP contribution is -2.36. The molecule has 0 aliphatic carbocycles. The molecule has 0 unspecified atom stereocenters. The first-order valence-electron chi connectivity index (χ1n) is 5.38. The van der Waals surface area contributed by atoms with E-state index in [9.17, 15) is 4.79 Å². The molecule has 17 heavy (non-hydrogen) atoms. The van der Waals surface area contributed by atoms with Crippen LogP contribution in [0, 0.1) is 0 Å². The van der Waals surface area contributed by atoms with E-state index in [1.807, 2.05) is 6.92 Å². The van der Waals surface area contributed by atoms with Gasteiger partial charge in [0.1, 0.15) is 12.3 Å². The molecule has 1 atom stereocenters. The van der Waals surface area contributed by atoms with Crippen molar-refractivity contribution in [1.82, 2.24) is 5.01 Å². The van der Waals surface area contributed by atoms with Crippen molar-refractivity contribution in [2.75, 3.05) is 13.1 Å². The van der Waals surface area contributed by atoms with E-state index in [0.29, 0.717) is 25.9 Å². The van der Waals surface area contributed by atoms with Gasteiger partial charge in [-0.05, 0) is 19.8 Å². The van der Waals surface area contributed by atoms with Crippen LogP contribution in [0.5, 0.6) is 0 Å². The Labute approximate surface area is 101 Å². The molecule has 0 saturated carbocycles. The largest absolute Gasteiger partial charge is 0.370 e. The summed E-state index contributed by atoms with van der Waals surface area (Å²) in [6, 6.07) is -0.365. The van der Waals surface area contributed by atoms with Gasteiger partial charge in [0.05, 0.1) is 0 Å². The summed E-state index contributed by atoms with van der Waals surface area (Å²) in [6.07, 6.45) is 2.08. The molecule has 0 saturated heterocycles. The number of nitrogens with zero attached hydrogens (tertiary/aromatic N) is 3. The number of aldehydes is 1. The van der Waals surface area contributed by atoms with Crippen molar-refractivity contribution >= 4 is 18.2 Å². The summed E-state index contributed by atoms with van der Waals surface area (Å²) in [6.45, 7) is 2.88. The van der Waals surface area contributed by atoms with Crippen LogP contribution in [0.15, 0.2) is 10.1 Å². The smallest absolute Gasteiger partial charge is 0.208 e. The second-order valence-electron chi connectivity index (χ2n) is 3.43. The van der Waals surface area contributed by atoms with Crippen molar-refractivity contribution in [2.24, 2.45) is 33.0 Å². The standard InChI is InChI=1S/C9H21N7O/c1-2-16(15-9(12)13)7(6-17)4-3-5-14-8(10)11/h6-7H,2-5H2,1H3,(H4,10,11,14)(H4,12,13,15)/t7-/m0/s1. The van der Waals surface area contributed by atoms with Gasteiger partial charge in [0.25, 0.3) is 0 Å². The molecule has 0 heterocycles. The number of aliphatic imine (C=N–C) groups is 1. The summed E-state index contributed by atoms with van der Waals surface area (Å²) in [7, 11) is 0. The molecule has 0 bridgehead atoms. The lowest BCUT2D eigenvalue weighted by molar-refractivity contribution is -0.112. The zero-order valence-corrected chi connectivity index (χ0v) is 10.0. The molecule has 8 nitrogen and oxygen atoms in total. The average Bonchev–Trinajstić information content (AvgIpc) is 2.26. The van der Waals surface area contributed by atoms with Crippen molar-refractivity contribution in [1.29, 1.82) is 0 Å². The molecule has 0 amide bonds. The molecule has 0 aromatic heterocycles. The number of hydrogen-bond donors (Lipinski definition) is 4. The van der Waals surface area contributed by atoms with Gasteiger partial charge in [0.15, 0.2) is 5.96 Å². The maximum Gasteiger partial charge on any atom is 0.208 e. The highest BCUT2D eigenvalue weighted by molar-refractivity contribution is 5.76. The number of hydrogen-bond acceptors (Lipinski definition) is 4. The predicted octanol–water partition coefficient (Wildman–Crippen LogP) is -1.88. The zero-order chi connectivity index (χ0) is 13.3. The van der Waals surface area contributed by atoms with Gasteiger partial charge in [-0.15, -0.1) is 5.10 Å². The van der Waals surface area contributed by atoms with Gasteiger partial charge in [-0.2, -0.15) is 0 Å². The van der Waals surface area contributed by atoms with E-state index in [1.54, 1.807) is 0 Å². The SMILES string of the molecule is CCN(N=C(N)N)[C@H](C=O)CCCN=C(N)N. The number of rotatable bonds is 8. The van der Waals surface area contributed by atoms with E-state index >= 15 is 0 Å². The zero-order valence-electron chi connectivity index (χ0n) is 10.0. The number of likely N-dealkylation sites (N-methyl/N-ethyl adjacent to an activating group) is 1. The normalized spacial score (nSPS) is 11.4. The number of carbonyl (C=O) groups is 1. The highest BCUT2D eigenvalue weighted by Gasteiger charge is 2.14. The molecule has 0 aliphatic heterocycles. The van der Waals surface area contributed by atoms with Crippen molar-refractivity contribution in [3.05, 3.63) is 0 Å². The average molecular weight is 243 g/mol. The van der Waals surface area contributed by atoms with E-state index in [0.717, 1.165) is 6.29 Å². The van der Waals surface area contributed by atoms with Crippen LogP contribution >= 0.6 is 0 Å². The first-order chi connectivity index (χ1) is 8.01. The van der Waals surface area contributed by atoms with Gasteiger partial charge < -0.3 is 27.7 Å². The fourth-order valence-corrected chi connectivity index (χ4v) is 1.32. The predicted molar refractivity (Wildman–Crippen MR) is 68.0 cm³/mol. The van der Waals surface area contributed by atoms with E-state index in [-0.39, 0.29) is 18.0 Å². The third-order valence-electron chi connectivity index (χ3n) is 2.06. The third kappa shape index (κ3) is 6.98. The molecular formula is C9H21N7O. The number of nitrogens with two attached hydrogens (primary N) is 4. The summed E-state index contributed by atoms with van der Waals surface area (Å²) in [4.78, 5) is 14.8. The van der Waals surface area contributed by atoms with Crippen LogP contribution < -0.4 is 22.9 Å². The Morgan fingerprint density at radius 2 is 1.94 bits per heavy atom. The second kappa shape index (κ2) is 8.20. The molecule has 0 spiro atoms. The Balaban J connectivity index is 4.25. The summed E-state index contributed by atoms with van der Waals surface area (Å²) in [5, 5.41) is 5.41. The summed E-state index contributed by atoms with van der Waals surface area (Å²) >= 11 is 0. The van der Waals surface area contributed by atoms with Crippen LogP contribution in [0.25, 0.3) is 0 Å². The highest BCUT2D eigenvalue weighted by atomic mass is 16.1. The minimum Gasteiger partial charge on any atom is -0.370 e. The van der Waals surface area contributed by atoms with E-state index in [4.69, 9.17) is 22.9 Å². The van der Waals surface area contributed by atoms with Crippen LogP contribution in [0.4, 0.5) is 0 Å². The van der Waals surface area contributed by atoms with Crippen molar-refractivity contribution in [2.45, 2.75) is 25.8 Å². The molecule has 0 aromatic carbocycles. The van der Waals surface area contributed by atoms with Gasteiger partial charge in [-0.25, -0.2) is 0 Å². The van der Waals surface area contributed by atoms with Gasteiger partial charge in [-0.3, -0.25) is 10.0 Å². The molecular weight excluding hydrogens is 222 g/mol. The Morgan fingerprint density at radius 1 is 1.29 bits per heavy atom. The molecule has 0 fully saturated rings. The molecule has 0 rings (SSSR count). The molecule has 8 heteroatoms. The fourth-order valence-electron chi connectivity index (χ4n) is 1.32. The van der Waals surface area contributed by atoms with Crippen LogP contribution in [-0.2, 0) is 4.79 Å². The summed E-state index contributed by atoms with van der Waals surface area (Å²) < 4.78 is 0. The lowest BCUT2D eigenvalue weighted by Gasteiger charge is -2.23. The van der Waals surface area contributed by atoms with Gasteiger partial charge in [0, 0.05) is 13.1 Å². The van der Waals surface area contributed by atoms with Crippen molar-refractivity contribution in [3.8, 4) is 0 Å². The molecule has 98 valence electrons. The first-order valence-corrected chi connectivity index (χ1v) is 5.38.